The van der Waals surface area contributed by atoms with Gasteiger partial charge in [-0.25, -0.2) is 5.43 Å². The molecule has 0 aliphatic rings. The number of hydrazone groups is 1. The van der Waals surface area contributed by atoms with Crippen LogP contribution in [0.4, 0.5) is 0 Å². The SMILES string of the molecule is CC(C)=CCC[C@H](C)C/C=N\NC(=O)c1ccccn1. The molecule has 4 heteroatoms. The fourth-order valence-electron chi connectivity index (χ4n) is 1.67. The highest BCUT2D eigenvalue weighted by Crippen LogP contribution is 2.10. The van der Waals surface area contributed by atoms with Crippen molar-refractivity contribution in [3.05, 3.63) is 41.7 Å². The van der Waals surface area contributed by atoms with Gasteiger partial charge in [0.2, 0.25) is 0 Å². The number of nitrogens with zero attached hydrogens (tertiary/aromatic N) is 2. The molecule has 1 aromatic rings. The molecular weight excluding hydrogens is 250 g/mol. The predicted octanol–water partition coefficient (Wildman–Crippen LogP) is 3.57. The van der Waals surface area contributed by atoms with Crippen LogP contribution in [0.2, 0.25) is 0 Å². The van der Waals surface area contributed by atoms with Crippen LogP contribution in [0.5, 0.6) is 0 Å². The van der Waals surface area contributed by atoms with Crippen LogP contribution in [0, 0.1) is 5.92 Å². The van der Waals surface area contributed by atoms with Gasteiger partial charge in [-0.2, -0.15) is 5.10 Å². The van der Waals surface area contributed by atoms with Gasteiger partial charge in [-0.15, -0.1) is 0 Å². The Bertz CT molecular complexity index is 462. The van der Waals surface area contributed by atoms with E-state index in [1.165, 1.54) is 5.57 Å². The molecule has 1 heterocycles. The van der Waals surface area contributed by atoms with Gasteiger partial charge in [-0.3, -0.25) is 9.78 Å². The number of pyridine rings is 1. The van der Waals surface area contributed by atoms with E-state index in [-0.39, 0.29) is 5.91 Å². The Morgan fingerprint density at radius 1 is 1.45 bits per heavy atom. The van der Waals surface area contributed by atoms with E-state index >= 15 is 0 Å². The summed E-state index contributed by atoms with van der Waals surface area (Å²) in [5.41, 5.74) is 4.22. The maximum absolute atomic E-state index is 11.6. The van der Waals surface area contributed by atoms with Gasteiger partial charge in [0, 0.05) is 12.4 Å². The highest BCUT2D eigenvalue weighted by molar-refractivity contribution is 5.92. The van der Waals surface area contributed by atoms with Gasteiger partial charge >= 0.3 is 0 Å². The van der Waals surface area contributed by atoms with Gasteiger partial charge in [-0.1, -0.05) is 24.6 Å². The number of amides is 1. The number of nitrogens with one attached hydrogen (secondary N) is 1. The minimum absolute atomic E-state index is 0.279. The number of hydrogen-bond acceptors (Lipinski definition) is 3. The molecule has 0 aliphatic carbocycles. The van der Waals surface area contributed by atoms with Gasteiger partial charge in [0.15, 0.2) is 0 Å². The van der Waals surface area contributed by atoms with Crippen molar-refractivity contribution in [2.75, 3.05) is 0 Å². The van der Waals surface area contributed by atoms with E-state index in [1.54, 1.807) is 30.6 Å². The molecule has 0 fully saturated rings. The zero-order valence-corrected chi connectivity index (χ0v) is 12.5. The summed E-state index contributed by atoms with van der Waals surface area (Å²) < 4.78 is 0. The first-order valence-corrected chi connectivity index (χ1v) is 6.96. The summed E-state index contributed by atoms with van der Waals surface area (Å²) in [7, 11) is 0. The molecule has 0 radical (unpaired) electrons. The van der Waals surface area contributed by atoms with Crippen LogP contribution in [0.25, 0.3) is 0 Å². The fraction of sp³-hybridized carbons (Fsp3) is 0.438. The van der Waals surface area contributed by atoms with E-state index in [4.69, 9.17) is 0 Å². The second-order valence-corrected chi connectivity index (χ2v) is 5.17. The zero-order valence-electron chi connectivity index (χ0n) is 12.5. The lowest BCUT2D eigenvalue weighted by Crippen LogP contribution is -2.18. The molecule has 0 bridgehead atoms. The standard InChI is InChI=1S/C16H23N3O/c1-13(2)7-6-8-14(3)10-12-18-19-16(20)15-9-4-5-11-17-15/h4-5,7,9,11-12,14H,6,8,10H2,1-3H3,(H,19,20)/b18-12-/t14-/m0/s1. The quantitative estimate of drug-likeness (QED) is 0.469. The van der Waals surface area contributed by atoms with E-state index in [1.807, 2.05) is 0 Å². The Hall–Kier alpha value is -1.97. The molecule has 1 aromatic heterocycles. The average molecular weight is 273 g/mol. The molecule has 1 rings (SSSR count). The first-order valence-electron chi connectivity index (χ1n) is 6.96. The number of rotatable bonds is 7. The topological polar surface area (TPSA) is 54.4 Å². The largest absolute Gasteiger partial charge is 0.289 e. The lowest BCUT2D eigenvalue weighted by Gasteiger charge is -2.05. The van der Waals surface area contributed by atoms with E-state index in [9.17, 15) is 4.79 Å². The molecule has 1 atom stereocenters. The third-order valence-electron chi connectivity index (χ3n) is 2.87. The van der Waals surface area contributed by atoms with Gasteiger partial charge in [-0.05, 0) is 51.2 Å². The van der Waals surface area contributed by atoms with Crippen LogP contribution >= 0.6 is 0 Å². The summed E-state index contributed by atoms with van der Waals surface area (Å²) in [4.78, 5) is 15.6. The minimum atomic E-state index is -0.279. The molecule has 108 valence electrons. The van der Waals surface area contributed by atoms with Gasteiger partial charge in [0.1, 0.15) is 5.69 Å². The van der Waals surface area contributed by atoms with Crippen molar-refractivity contribution in [3.63, 3.8) is 0 Å². The monoisotopic (exact) mass is 273 g/mol. The number of carbonyl (C=O) groups excluding carboxylic acids is 1. The number of carbonyl (C=O) groups is 1. The van der Waals surface area contributed by atoms with Crippen molar-refractivity contribution < 1.29 is 4.79 Å². The van der Waals surface area contributed by atoms with Gasteiger partial charge in [0.25, 0.3) is 5.91 Å². The Labute approximate surface area is 121 Å². The van der Waals surface area contributed by atoms with Gasteiger partial charge < -0.3 is 0 Å². The maximum Gasteiger partial charge on any atom is 0.289 e. The number of allylic oxidation sites excluding steroid dienone is 2. The number of aromatic nitrogens is 1. The Morgan fingerprint density at radius 3 is 2.90 bits per heavy atom. The van der Waals surface area contributed by atoms with E-state index in [0.29, 0.717) is 11.6 Å². The second kappa shape index (κ2) is 9.02. The van der Waals surface area contributed by atoms with Crippen LogP contribution in [0.15, 0.2) is 41.1 Å². The first kappa shape index (κ1) is 16.1. The van der Waals surface area contributed by atoms with E-state index < -0.39 is 0 Å². The zero-order chi connectivity index (χ0) is 14.8. The molecule has 4 nitrogen and oxygen atoms in total. The molecule has 1 N–H and O–H groups in total. The van der Waals surface area contributed by atoms with E-state index in [0.717, 1.165) is 19.3 Å². The average Bonchev–Trinajstić information content (AvgIpc) is 2.44. The Morgan fingerprint density at radius 2 is 2.25 bits per heavy atom. The highest BCUT2D eigenvalue weighted by atomic mass is 16.2. The van der Waals surface area contributed by atoms with Crippen LogP contribution in [0.3, 0.4) is 0 Å². The molecule has 1 amide bonds. The van der Waals surface area contributed by atoms with Crippen molar-refractivity contribution in [1.82, 2.24) is 10.4 Å². The lowest BCUT2D eigenvalue weighted by molar-refractivity contribution is 0.0950. The summed E-state index contributed by atoms with van der Waals surface area (Å²) in [6.45, 7) is 6.41. The smallest absolute Gasteiger partial charge is 0.266 e. The lowest BCUT2D eigenvalue weighted by atomic mass is 10.0. The summed E-state index contributed by atoms with van der Waals surface area (Å²) in [6.07, 6.45) is 8.68. The first-order chi connectivity index (χ1) is 9.59. The molecule has 20 heavy (non-hydrogen) atoms. The fourth-order valence-corrected chi connectivity index (χ4v) is 1.67. The van der Waals surface area contributed by atoms with Crippen LogP contribution in [-0.4, -0.2) is 17.1 Å². The summed E-state index contributed by atoms with van der Waals surface area (Å²) in [5.74, 6) is 0.278. The van der Waals surface area contributed by atoms with E-state index in [2.05, 4.69) is 42.4 Å². The Balaban J connectivity index is 2.25. The third kappa shape index (κ3) is 6.83. The molecule has 0 unspecified atom stereocenters. The molecule has 0 aliphatic heterocycles. The van der Waals surface area contributed by atoms with Crippen LogP contribution in [-0.2, 0) is 0 Å². The Kier molecular flexibility index (Phi) is 7.25. The second-order valence-electron chi connectivity index (χ2n) is 5.17. The van der Waals surface area contributed by atoms with Crippen molar-refractivity contribution in [1.29, 1.82) is 0 Å². The molecule has 0 spiro atoms. The molecule has 0 aromatic carbocycles. The molecule has 0 saturated carbocycles. The highest BCUT2D eigenvalue weighted by Gasteiger charge is 2.03. The summed E-state index contributed by atoms with van der Waals surface area (Å²) >= 11 is 0. The van der Waals surface area contributed by atoms with Crippen LogP contribution in [0.1, 0.15) is 50.5 Å². The predicted molar refractivity (Wildman–Crippen MR) is 82.6 cm³/mol. The van der Waals surface area contributed by atoms with Crippen molar-refractivity contribution >= 4 is 12.1 Å². The molecule has 0 saturated heterocycles. The summed E-state index contributed by atoms with van der Waals surface area (Å²) in [6, 6.07) is 5.21. The minimum Gasteiger partial charge on any atom is -0.266 e. The van der Waals surface area contributed by atoms with Gasteiger partial charge in [0.05, 0.1) is 0 Å². The maximum atomic E-state index is 11.6. The van der Waals surface area contributed by atoms with Crippen molar-refractivity contribution in [2.24, 2.45) is 11.0 Å². The third-order valence-corrected chi connectivity index (χ3v) is 2.87. The normalized spacial score (nSPS) is 12.2. The summed E-state index contributed by atoms with van der Waals surface area (Å²) in [5, 5.41) is 3.95. The molecular formula is C16H23N3O. The van der Waals surface area contributed by atoms with Crippen molar-refractivity contribution in [3.8, 4) is 0 Å². The van der Waals surface area contributed by atoms with Crippen molar-refractivity contribution in [2.45, 2.75) is 40.0 Å². The van der Waals surface area contributed by atoms with Crippen LogP contribution < -0.4 is 5.43 Å². The number of hydrogen-bond donors (Lipinski definition) is 1.